The number of nitrogens with one attached hydrogen (secondary N) is 1. The molecular formula is C13H21N5. The molecule has 2 heterocycles. The van der Waals surface area contributed by atoms with E-state index in [2.05, 4.69) is 38.7 Å². The van der Waals surface area contributed by atoms with Gasteiger partial charge in [0, 0.05) is 37.9 Å². The third kappa shape index (κ3) is 3.20. The topological polar surface area (TPSA) is 44.3 Å². The van der Waals surface area contributed by atoms with Crippen molar-refractivity contribution in [2.24, 2.45) is 0 Å². The van der Waals surface area contributed by atoms with Gasteiger partial charge in [-0.2, -0.15) is 0 Å². The van der Waals surface area contributed by atoms with E-state index in [1.54, 1.807) is 0 Å². The molecule has 0 bridgehead atoms. The van der Waals surface area contributed by atoms with Crippen molar-refractivity contribution in [1.82, 2.24) is 14.9 Å². The van der Waals surface area contributed by atoms with E-state index in [1.165, 1.54) is 0 Å². The molecule has 0 amide bonds. The van der Waals surface area contributed by atoms with E-state index in [9.17, 15) is 0 Å². The predicted molar refractivity (Wildman–Crippen MR) is 74.9 cm³/mol. The van der Waals surface area contributed by atoms with Gasteiger partial charge in [-0.05, 0) is 20.9 Å². The van der Waals surface area contributed by atoms with Crippen LogP contribution in [0.1, 0.15) is 12.7 Å². The number of anilines is 2. The fraction of sp³-hybridized carbons (Fsp3) is 0.538. The molecule has 1 aromatic heterocycles. The first-order chi connectivity index (χ1) is 8.54. The molecule has 18 heavy (non-hydrogen) atoms. The van der Waals surface area contributed by atoms with Gasteiger partial charge in [0.25, 0.3) is 0 Å². The van der Waals surface area contributed by atoms with Crippen LogP contribution in [0.15, 0.2) is 18.3 Å². The Morgan fingerprint density at radius 3 is 2.56 bits per heavy atom. The lowest BCUT2D eigenvalue weighted by Gasteiger charge is -2.33. The number of nitrogens with zero attached hydrogens (tertiary/aromatic N) is 4. The van der Waals surface area contributed by atoms with Crippen LogP contribution in [-0.2, 0) is 0 Å². The molecule has 0 aliphatic carbocycles. The van der Waals surface area contributed by atoms with Crippen LogP contribution in [0.4, 0.5) is 11.6 Å². The summed E-state index contributed by atoms with van der Waals surface area (Å²) in [6.45, 7) is 11.9. The summed E-state index contributed by atoms with van der Waals surface area (Å²) in [5.74, 6) is 2.61. The van der Waals surface area contributed by atoms with Gasteiger partial charge in [-0.25, -0.2) is 9.97 Å². The van der Waals surface area contributed by atoms with E-state index in [0.29, 0.717) is 0 Å². The Morgan fingerprint density at radius 1 is 1.28 bits per heavy atom. The number of piperazine rings is 1. The summed E-state index contributed by atoms with van der Waals surface area (Å²) in [6, 6.07) is 1.99. The Bertz CT molecular complexity index is 435. The molecule has 1 N–H and O–H groups in total. The molecule has 0 radical (unpaired) electrons. The van der Waals surface area contributed by atoms with Gasteiger partial charge in [0.2, 0.25) is 0 Å². The van der Waals surface area contributed by atoms with E-state index in [0.717, 1.165) is 49.3 Å². The van der Waals surface area contributed by atoms with Crippen molar-refractivity contribution in [3.63, 3.8) is 0 Å². The first-order valence-corrected chi connectivity index (χ1v) is 6.26. The average Bonchev–Trinajstić information content (AvgIpc) is 2.28. The summed E-state index contributed by atoms with van der Waals surface area (Å²) < 4.78 is 0. The van der Waals surface area contributed by atoms with Gasteiger partial charge in [-0.15, -0.1) is 0 Å². The predicted octanol–water partition coefficient (Wildman–Crippen LogP) is 1.48. The van der Waals surface area contributed by atoms with E-state index >= 15 is 0 Å². The third-order valence-corrected chi connectivity index (χ3v) is 2.99. The number of hydrogen-bond donors (Lipinski definition) is 1. The monoisotopic (exact) mass is 247 g/mol. The molecule has 1 aromatic rings. The molecule has 0 aromatic carbocycles. The van der Waals surface area contributed by atoms with Crippen molar-refractivity contribution in [3.8, 4) is 0 Å². The highest BCUT2D eigenvalue weighted by Crippen LogP contribution is 2.18. The normalized spacial score (nSPS) is 16.7. The Labute approximate surface area is 109 Å². The van der Waals surface area contributed by atoms with Crippen LogP contribution >= 0.6 is 0 Å². The van der Waals surface area contributed by atoms with Gasteiger partial charge in [0.15, 0.2) is 0 Å². The van der Waals surface area contributed by atoms with Gasteiger partial charge >= 0.3 is 0 Å². The third-order valence-electron chi connectivity index (χ3n) is 2.99. The maximum Gasteiger partial charge on any atom is 0.135 e. The average molecular weight is 247 g/mol. The smallest absolute Gasteiger partial charge is 0.135 e. The summed E-state index contributed by atoms with van der Waals surface area (Å²) >= 11 is 0. The number of rotatable bonds is 3. The van der Waals surface area contributed by atoms with Gasteiger partial charge in [-0.3, -0.25) is 0 Å². The Morgan fingerprint density at radius 2 is 1.94 bits per heavy atom. The largest absolute Gasteiger partial charge is 0.354 e. The second-order valence-corrected chi connectivity index (χ2v) is 4.85. The molecule has 5 nitrogen and oxygen atoms in total. The number of aryl methyl sites for hydroxylation is 1. The standard InChI is InChI=1S/C13H21N5/c1-10(2)14-12-9-13(16-11(3)15-12)18-7-5-17(4)6-8-18/h9H,1,5-8H2,2-4H3,(H,14,15,16). The molecule has 98 valence electrons. The van der Waals surface area contributed by atoms with Crippen molar-refractivity contribution in [3.05, 3.63) is 24.2 Å². The number of likely N-dealkylation sites (N-methyl/N-ethyl adjacent to an activating group) is 1. The van der Waals surface area contributed by atoms with Crippen LogP contribution < -0.4 is 10.2 Å². The van der Waals surface area contributed by atoms with Crippen molar-refractivity contribution < 1.29 is 0 Å². The van der Waals surface area contributed by atoms with Gasteiger partial charge < -0.3 is 15.1 Å². The highest BCUT2D eigenvalue weighted by atomic mass is 15.3. The molecule has 1 saturated heterocycles. The lowest BCUT2D eigenvalue weighted by Crippen LogP contribution is -2.44. The van der Waals surface area contributed by atoms with Gasteiger partial charge in [0.1, 0.15) is 17.5 Å². The first-order valence-electron chi connectivity index (χ1n) is 6.26. The minimum Gasteiger partial charge on any atom is -0.354 e. The fourth-order valence-corrected chi connectivity index (χ4v) is 2.03. The van der Waals surface area contributed by atoms with E-state index in [1.807, 2.05) is 19.9 Å². The zero-order valence-corrected chi connectivity index (χ0v) is 11.4. The highest BCUT2D eigenvalue weighted by molar-refractivity contribution is 5.51. The molecule has 0 saturated carbocycles. The van der Waals surface area contributed by atoms with Gasteiger partial charge in [0.05, 0.1) is 0 Å². The Balaban J connectivity index is 2.17. The minimum absolute atomic E-state index is 0.787. The van der Waals surface area contributed by atoms with Crippen LogP contribution in [0.2, 0.25) is 0 Å². The lowest BCUT2D eigenvalue weighted by atomic mass is 10.3. The maximum atomic E-state index is 4.52. The second-order valence-electron chi connectivity index (χ2n) is 4.85. The Kier molecular flexibility index (Phi) is 3.81. The number of aromatic nitrogens is 2. The summed E-state index contributed by atoms with van der Waals surface area (Å²) in [7, 11) is 2.15. The minimum atomic E-state index is 0.787. The zero-order chi connectivity index (χ0) is 13.1. The quantitative estimate of drug-likeness (QED) is 0.876. The Hall–Kier alpha value is -1.62. The first kappa shape index (κ1) is 12.8. The van der Waals surface area contributed by atoms with Crippen molar-refractivity contribution in [1.29, 1.82) is 0 Å². The fourth-order valence-electron chi connectivity index (χ4n) is 2.03. The zero-order valence-electron chi connectivity index (χ0n) is 11.4. The molecule has 0 unspecified atom stereocenters. The molecule has 1 aliphatic rings. The summed E-state index contributed by atoms with van der Waals surface area (Å²) in [6.07, 6.45) is 0. The van der Waals surface area contributed by atoms with Crippen molar-refractivity contribution in [2.45, 2.75) is 13.8 Å². The van der Waals surface area contributed by atoms with E-state index in [-0.39, 0.29) is 0 Å². The molecule has 2 rings (SSSR count). The van der Waals surface area contributed by atoms with Crippen LogP contribution in [0.25, 0.3) is 0 Å². The summed E-state index contributed by atoms with van der Waals surface area (Å²) in [4.78, 5) is 13.5. The molecule has 5 heteroatoms. The van der Waals surface area contributed by atoms with Crippen LogP contribution in [0.5, 0.6) is 0 Å². The summed E-state index contributed by atoms with van der Waals surface area (Å²) in [5, 5.41) is 3.15. The molecule has 1 aliphatic heterocycles. The van der Waals surface area contributed by atoms with Crippen LogP contribution in [0.3, 0.4) is 0 Å². The highest BCUT2D eigenvalue weighted by Gasteiger charge is 2.16. The molecular weight excluding hydrogens is 226 g/mol. The molecule has 0 atom stereocenters. The van der Waals surface area contributed by atoms with Crippen molar-refractivity contribution in [2.75, 3.05) is 43.4 Å². The molecule has 1 fully saturated rings. The van der Waals surface area contributed by atoms with Crippen LogP contribution in [0, 0.1) is 6.92 Å². The number of allylic oxidation sites excluding steroid dienone is 1. The van der Waals surface area contributed by atoms with Gasteiger partial charge in [-0.1, -0.05) is 6.58 Å². The number of hydrogen-bond acceptors (Lipinski definition) is 5. The lowest BCUT2D eigenvalue weighted by molar-refractivity contribution is 0.312. The van der Waals surface area contributed by atoms with Crippen LogP contribution in [-0.4, -0.2) is 48.1 Å². The van der Waals surface area contributed by atoms with Crippen molar-refractivity contribution >= 4 is 11.6 Å². The maximum absolute atomic E-state index is 4.52. The molecule has 0 spiro atoms. The van der Waals surface area contributed by atoms with E-state index in [4.69, 9.17) is 0 Å². The summed E-state index contributed by atoms with van der Waals surface area (Å²) in [5.41, 5.74) is 0.887. The van der Waals surface area contributed by atoms with E-state index < -0.39 is 0 Å². The SMILES string of the molecule is C=C(C)Nc1cc(N2CCN(C)CC2)nc(C)n1. The second kappa shape index (κ2) is 5.35.